The second-order valence-electron chi connectivity index (χ2n) is 3.32. The standard InChI is InChI=1S/C8H16N4O2/c1-6(2)7(8(13)14)10-4-3-5-11-12-9/h6-7,10H,3-5H2,1-2H3,(H,13,14). The molecule has 0 rings (SSSR count). The minimum absolute atomic E-state index is 0.0481. The topological polar surface area (TPSA) is 98.1 Å². The molecule has 0 aromatic carbocycles. The summed E-state index contributed by atoms with van der Waals surface area (Å²) in [4.78, 5) is 13.3. The molecule has 6 heteroatoms. The monoisotopic (exact) mass is 200 g/mol. The highest BCUT2D eigenvalue weighted by molar-refractivity contribution is 5.73. The third-order valence-corrected chi connectivity index (χ3v) is 1.80. The minimum atomic E-state index is -0.844. The lowest BCUT2D eigenvalue weighted by Crippen LogP contribution is -2.41. The summed E-state index contributed by atoms with van der Waals surface area (Å²) < 4.78 is 0. The molecule has 1 atom stereocenters. The lowest BCUT2D eigenvalue weighted by atomic mass is 10.0. The van der Waals surface area contributed by atoms with Crippen molar-refractivity contribution in [3.05, 3.63) is 10.4 Å². The smallest absolute Gasteiger partial charge is 0.320 e. The number of nitrogens with zero attached hydrogens (tertiary/aromatic N) is 3. The van der Waals surface area contributed by atoms with Crippen molar-refractivity contribution in [2.75, 3.05) is 13.1 Å². The number of carboxylic acids is 1. The molecule has 14 heavy (non-hydrogen) atoms. The largest absolute Gasteiger partial charge is 0.480 e. The van der Waals surface area contributed by atoms with Crippen LogP contribution in [0.15, 0.2) is 5.11 Å². The van der Waals surface area contributed by atoms with Crippen LogP contribution in [0.4, 0.5) is 0 Å². The molecule has 1 unspecified atom stereocenters. The van der Waals surface area contributed by atoms with Gasteiger partial charge in [-0.3, -0.25) is 4.79 Å². The number of azide groups is 1. The van der Waals surface area contributed by atoms with Gasteiger partial charge in [-0.05, 0) is 24.4 Å². The maximum absolute atomic E-state index is 10.7. The molecule has 2 N–H and O–H groups in total. The first-order valence-corrected chi connectivity index (χ1v) is 4.56. The van der Waals surface area contributed by atoms with E-state index in [9.17, 15) is 4.79 Å². The van der Waals surface area contributed by atoms with Crippen LogP contribution in [0.2, 0.25) is 0 Å². The molecular formula is C8H16N4O2. The van der Waals surface area contributed by atoms with E-state index < -0.39 is 12.0 Å². The molecule has 0 bridgehead atoms. The number of nitrogens with one attached hydrogen (secondary N) is 1. The Bertz CT molecular complexity index is 223. The van der Waals surface area contributed by atoms with Gasteiger partial charge in [-0.25, -0.2) is 0 Å². The molecule has 0 heterocycles. The zero-order valence-corrected chi connectivity index (χ0v) is 8.47. The van der Waals surface area contributed by atoms with Gasteiger partial charge in [0.1, 0.15) is 6.04 Å². The predicted octanol–water partition coefficient (Wildman–Crippen LogP) is 1.39. The van der Waals surface area contributed by atoms with E-state index in [4.69, 9.17) is 10.6 Å². The second-order valence-corrected chi connectivity index (χ2v) is 3.32. The van der Waals surface area contributed by atoms with Gasteiger partial charge in [0.2, 0.25) is 0 Å². The zero-order chi connectivity index (χ0) is 11.0. The average molecular weight is 200 g/mol. The Hall–Kier alpha value is -1.26. The molecule has 0 saturated heterocycles. The Morgan fingerprint density at radius 1 is 1.64 bits per heavy atom. The molecule has 0 aliphatic carbocycles. The van der Waals surface area contributed by atoms with Crippen LogP contribution in [0, 0.1) is 5.92 Å². The number of hydrogen-bond acceptors (Lipinski definition) is 3. The van der Waals surface area contributed by atoms with Crippen LogP contribution >= 0.6 is 0 Å². The van der Waals surface area contributed by atoms with Crippen LogP contribution in [-0.2, 0) is 4.79 Å². The molecule has 0 saturated carbocycles. The Morgan fingerprint density at radius 3 is 2.71 bits per heavy atom. The molecule has 0 radical (unpaired) electrons. The highest BCUT2D eigenvalue weighted by Crippen LogP contribution is 2.01. The Morgan fingerprint density at radius 2 is 2.29 bits per heavy atom. The van der Waals surface area contributed by atoms with Gasteiger partial charge in [-0.1, -0.05) is 19.0 Å². The van der Waals surface area contributed by atoms with Gasteiger partial charge in [0.05, 0.1) is 0 Å². The van der Waals surface area contributed by atoms with Gasteiger partial charge in [0, 0.05) is 11.5 Å². The van der Waals surface area contributed by atoms with Crippen LogP contribution in [0.3, 0.4) is 0 Å². The molecule has 0 aliphatic heterocycles. The molecular weight excluding hydrogens is 184 g/mol. The van der Waals surface area contributed by atoms with Gasteiger partial charge >= 0.3 is 5.97 Å². The van der Waals surface area contributed by atoms with E-state index in [2.05, 4.69) is 15.3 Å². The van der Waals surface area contributed by atoms with E-state index in [1.165, 1.54) is 0 Å². The van der Waals surface area contributed by atoms with Crippen molar-refractivity contribution in [1.29, 1.82) is 0 Å². The highest BCUT2D eigenvalue weighted by Gasteiger charge is 2.19. The summed E-state index contributed by atoms with van der Waals surface area (Å²) in [6.07, 6.45) is 0.653. The summed E-state index contributed by atoms with van der Waals surface area (Å²) in [6.45, 7) is 4.64. The molecule has 80 valence electrons. The van der Waals surface area contributed by atoms with Crippen molar-refractivity contribution in [3.63, 3.8) is 0 Å². The minimum Gasteiger partial charge on any atom is -0.480 e. The highest BCUT2D eigenvalue weighted by atomic mass is 16.4. The van der Waals surface area contributed by atoms with Crippen molar-refractivity contribution in [2.45, 2.75) is 26.3 Å². The number of rotatable bonds is 7. The van der Waals surface area contributed by atoms with E-state index in [1.54, 1.807) is 0 Å². The fraction of sp³-hybridized carbons (Fsp3) is 0.875. The van der Waals surface area contributed by atoms with E-state index in [0.717, 1.165) is 0 Å². The van der Waals surface area contributed by atoms with Crippen molar-refractivity contribution < 1.29 is 9.90 Å². The maximum Gasteiger partial charge on any atom is 0.320 e. The molecule has 0 aromatic rings. The molecule has 0 aliphatic rings. The Balaban J connectivity index is 3.72. The van der Waals surface area contributed by atoms with Gasteiger partial charge in [-0.15, -0.1) is 0 Å². The first-order chi connectivity index (χ1) is 6.59. The quantitative estimate of drug-likeness (QED) is 0.281. The maximum atomic E-state index is 10.7. The average Bonchev–Trinajstić information content (AvgIpc) is 2.09. The van der Waals surface area contributed by atoms with Gasteiger partial charge in [-0.2, -0.15) is 0 Å². The first kappa shape index (κ1) is 12.7. The molecule has 0 fully saturated rings. The van der Waals surface area contributed by atoms with Crippen LogP contribution < -0.4 is 5.32 Å². The number of hydrogen-bond donors (Lipinski definition) is 2. The summed E-state index contributed by atoms with van der Waals surface area (Å²) in [5, 5.41) is 15.0. The second kappa shape index (κ2) is 7.17. The predicted molar refractivity (Wildman–Crippen MR) is 52.9 cm³/mol. The van der Waals surface area contributed by atoms with Crippen molar-refractivity contribution >= 4 is 5.97 Å². The summed E-state index contributed by atoms with van der Waals surface area (Å²) in [7, 11) is 0. The molecule has 6 nitrogen and oxygen atoms in total. The van der Waals surface area contributed by atoms with Crippen LogP contribution in [-0.4, -0.2) is 30.2 Å². The van der Waals surface area contributed by atoms with Crippen LogP contribution in [0.25, 0.3) is 10.4 Å². The lowest BCUT2D eigenvalue weighted by Gasteiger charge is -2.17. The number of carbonyl (C=O) groups is 1. The normalized spacial score (nSPS) is 12.2. The van der Waals surface area contributed by atoms with Gasteiger partial charge in [0.25, 0.3) is 0 Å². The molecule has 0 amide bonds. The Labute approximate surface area is 82.9 Å². The number of aliphatic carboxylic acids is 1. The molecule has 0 spiro atoms. The third-order valence-electron chi connectivity index (χ3n) is 1.80. The fourth-order valence-electron chi connectivity index (χ4n) is 1.06. The van der Waals surface area contributed by atoms with Crippen LogP contribution in [0.1, 0.15) is 20.3 Å². The first-order valence-electron chi connectivity index (χ1n) is 4.56. The lowest BCUT2D eigenvalue weighted by molar-refractivity contribution is -0.140. The van der Waals surface area contributed by atoms with Crippen molar-refractivity contribution in [3.8, 4) is 0 Å². The summed E-state index contributed by atoms with van der Waals surface area (Å²) >= 11 is 0. The summed E-state index contributed by atoms with van der Waals surface area (Å²) in [6, 6.07) is -0.527. The van der Waals surface area contributed by atoms with E-state index in [0.29, 0.717) is 19.5 Å². The fourth-order valence-corrected chi connectivity index (χ4v) is 1.06. The van der Waals surface area contributed by atoms with Crippen molar-refractivity contribution in [1.82, 2.24) is 5.32 Å². The van der Waals surface area contributed by atoms with Crippen molar-refractivity contribution in [2.24, 2.45) is 11.0 Å². The van der Waals surface area contributed by atoms with Gasteiger partial charge < -0.3 is 10.4 Å². The summed E-state index contributed by atoms with van der Waals surface area (Å²) in [5.41, 5.74) is 8.00. The van der Waals surface area contributed by atoms with Crippen LogP contribution in [0.5, 0.6) is 0 Å². The van der Waals surface area contributed by atoms with Gasteiger partial charge in [0.15, 0.2) is 0 Å². The van der Waals surface area contributed by atoms with E-state index in [1.807, 2.05) is 13.8 Å². The van der Waals surface area contributed by atoms with E-state index >= 15 is 0 Å². The Kier molecular flexibility index (Phi) is 6.53. The SMILES string of the molecule is CC(C)C(NCCCN=[N+]=[N-])C(=O)O. The summed E-state index contributed by atoms with van der Waals surface area (Å²) in [5.74, 6) is -0.796. The third kappa shape index (κ3) is 5.40. The molecule has 0 aromatic heterocycles. The number of carboxylic acid groups (broad SMARTS) is 1. The zero-order valence-electron chi connectivity index (χ0n) is 8.47. The van der Waals surface area contributed by atoms with E-state index in [-0.39, 0.29) is 5.92 Å².